The molecule has 0 spiro atoms. The lowest BCUT2D eigenvalue weighted by Crippen LogP contribution is -2.10. The van der Waals surface area contributed by atoms with Crippen molar-refractivity contribution in [1.29, 1.82) is 0 Å². The Morgan fingerprint density at radius 1 is 1.09 bits per heavy atom. The van der Waals surface area contributed by atoms with Gasteiger partial charge >= 0.3 is 0 Å². The number of nitrogens with zero attached hydrogens (tertiary/aromatic N) is 1. The average molecular weight is 334 g/mol. The van der Waals surface area contributed by atoms with E-state index in [1.807, 2.05) is 38.4 Å². The van der Waals surface area contributed by atoms with Crippen LogP contribution in [0.15, 0.2) is 48.5 Å². The molecule has 0 fully saturated rings. The summed E-state index contributed by atoms with van der Waals surface area (Å²) in [6.45, 7) is 0.852. The number of rotatable bonds is 5. The van der Waals surface area contributed by atoms with E-state index < -0.39 is 0 Å². The Bertz CT molecular complexity index is 691. The predicted molar refractivity (Wildman–Crippen MR) is 93.7 cm³/mol. The Hall–Kier alpha value is -1.61. The topological polar surface area (TPSA) is 20.3 Å². The molecule has 0 aliphatic rings. The van der Waals surface area contributed by atoms with Gasteiger partial charge < -0.3 is 4.90 Å². The number of carbonyl (C=O) groups excluding carboxylic acids is 1. The normalized spacial score (nSPS) is 11.3. The minimum atomic E-state index is -0.0533. The van der Waals surface area contributed by atoms with Crippen molar-refractivity contribution in [2.75, 3.05) is 14.1 Å². The van der Waals surface area contributed by atoms with Crippen LogP contribution in [0.5, 0.6) is 0 Å². The van der Waals surface area contributed by atoms with Crippen molar-refractivity contribution in [3.63, 3.8) is 0 Å². The first kappa shape index (κ1) is 16.8. The van der Waals surface area contributed by atoms with Crippen molar-refractivity contribution < 1.29 is 4.79 Å². The van der Waals surface area contributed by atoms with E-state index in [4.69, 9.17) is 23.2 Å². The molecule has 2 aromatic carbocycles. The number of allylic oxidation sites excluding steroid dienone is 1. The largest absolute Gasteiger partial charge is 0.305 e. The number of benzene rings is 2. The Kier molecular flexibility index (Phi) is 5.78. The van der Waals surface area contributed by atoms with Gasteiger partial charge in [0.1, 0.15) is 0 Å². The molecule has 2 rings (SSSR count). The van der Waals surface area contributed by atoms with Gasteiger partial charge in [-0.25, -0.2) is 0 Å². The summed E-state index contributed by atoms with van der Waals surface area (Å²) in [6.07, 6.45) is 3.23. The van der Waals surface area contributed by atoms with Crippen LogP contribution < -0.4 is 0 Å². The van der Waals surface area contributed by atoms with E-state index in [1.165, 1.54) is 11.6 Å². The van der Waals surface area contributed by atoms with Crippen LogP contribution in [-0.4, -0.2) is 24.8 Å². The number of carbonyl (C=O) groups is 1. The molecule has 0 aromatic heterocycles. The highest BCUT2D eigenvalue weighted by Crippen LogP contribution is 2.22. The molecular formula is C18H17Cl2NO. The molecule has 0 atom stereocenters. The van der Waals surface area contributed by atoms with Crippen LogP contribution in [0, 0.1) is 0 Å². The van der Waals surface area contributed by atoms with Crippen LogP contribution in [0.1, 0.15) is 21.5 Å². The zero-order valence-corrected chi connectivity index (χ0v) is 14.0. The molecule has 0 aliphatic heterocycles. The molecule has 0 aliphatic carbocycles. The van der Waals surface area contributed by atoms with Crippen molar-refractivity contribution in [1.82, 2.24) is 4.90 Å². The maximum absolute atomic E-state index is 12.2. The summed E-state index contributed by atoms with van der Waals surface area (Å²) >= 11 is 11.9. The van der Waals surface area contributed by atoms with E-state index in [1.54, 1.807) is 24.3 Å². The molecular weight excluding hydrogens is 317 g/mol. The lowest BCUT2D eigenvalue weighted by Gasteiger charge is -2.09. The summed E-state index contributed by atoms with van der Waals surface area (Å²) in [7, 11) is 4.02. The van der Waals surface area contributed by atoms with Crippen LogP contribution >= 0.6 is 23.2 Å². The number of halogens is 2. The van der Waals surface area contributed by atoms with Crippen LogP contribution in [0.2, 0.25) is 10.0 Å². The Balaban J connectivity index is 2.09. The molecule has 0 unspecified atom stereocenters. The Labute approximate surface area is 141 Å². The first-order valence-electron chi connectivity index (χ1n) is 6.87. The van der Waals surface area contributed by atoms with Gasteiger partial charge in [-0.2, -0.15) is 0 Å². The number of hydrogen-bond acceptors (Lipinski definition) is 2. The van der Waals surface area contributed by atoms with Gasteiger partial charge in [-0.05, 0) is 49.5 Å². The second-order valence-electron chi connectivity index (χ2n) is 5.30. The van der Waals surface area contributed by atoms with Gasteiger partial charge in [0.15, 0.2) is 5.78 Å². The third-order valence-electron chi connectivity index (χ3n) is 3.11. The van der Waals surface area contributed by atoms with Gasteiger partial charge in [0, 0.05) is 22.2 Å². The lowest BCUT2D eigenvalue weighted by molar-refractivity contribution is 0.104. The van der Waals surface area contributed by atoms with Crippen molar-refractivity contribution in [3.05, 3.63) is 75.3 Å². The SMILES string of the molecule is CN(C)Cc1ccc(C(=O)/C=C/c2ccc(Cl)cc2Cl)cc1. The third kappa shape index (κ3) is 4.70. The van der Waals surface area contributed by atoms with Crippen LogP contribution in [0.3, 0.4) is 0 Å². The Morgan fingerprint density at radius 2 is 1.77 bits per heavy atom. The maximum atomic E-state index is 12.2. The van der Waals surface area contributed by atoms with Crippen LogP contribution in [0.25, 0.3) is 6.08 Å². The van der Waals surface area contributed by atoms with Crippen LogP contribution in [-0.2, 0) is 6.54 Å². The minimum absolute atomic E-state index is 0.0533. The first-order valence-corrected chi connectivity index (χ1v) is 7.62. The zero-order chi connectivity index (χ0) is 16.1. The second kappa shape index (κ2) is 7.59. The van der Waals surface area contributed by atoms with E-state index in [2.05, 4.69) is 4.90 Å². The van der Waals surface area contributed by atoms with Gasteiger partial charge in [0.25, 0.3) is 0 Å². The van der Waals surface area contributed by atoms with Crippen molar-refractivity contribution in [3.8, 4) is 0 Å². The standard InChI is InChI=1S/C18H17Cl2NO/c1-21(2)12-13-3-5-15(6-4-13)18(22)10-8-14-7-9-16(19)11-17(14)20/h3-11H,12H2,1-2H3/b10-8+. The smallest absolute Gasteiger partial charge is 0.185 e. The summed E-state index contributed by atoms with van der Waals surface area (Å²) in [6, 6.07) is 12.8. The highest BCUT2D eigenvalue weighted by atomic mass is 35.5. The molecule has 0 saturated heterocycles. The van der Waals surface area contributed by atoms with Crippen molar-refractivity contribution >= 4 is 35.1 Å². The molecule has 2 nitrogen and oxygen atoms in total. The summed E-state index contributed by atoms with van der Waals surface area (Å²) in [5.74, 6) is -0.0533. The van der Waals surface area contributed by atoms with Crippen LogP contribution in [0.4, 0.5) is 0 Å². The maximum Gasteiger partial charge on any atom is 0.185 e. The summed E-state index contributed by atoms with van der Waals surface area (Å²) in [4.78, 5) is 14.2. The molecule has 0 amide bonds. The fraction of sp³-hybridized carbons (Fsp3) is 0.167. The summed E-state index contributed by atoms with van der Waals surface area (Å²) in [5, 5.41) is 1.10. The summed E-state index contributed by atoms with van der Waals surface area (Å²) < 4.78 is 0. The molecule has 0 saturated carbocycles. The molecule has 22 heavy (non-hydrogen) atoms. The fourth-order valence-electron chi connectivity index (χ4n) is 2.04. The quantitative estimate of drug-likeness (QED) is 0.569. The van der Waals surface area contributed by atoms with E-state index in [-0.39, 0.29) is 5.78 Å². The van der Waals surface area contributed by atoms with E-state index in [9.17, 15) is 4.79 Å². The molecule has 114 valence electrons. The first-order chi connectivity index (χ1) is 10.5. The second-order valence-corrected chi connectivity index (χ2v) is 6.14. The van der Waals surface area contributed by atoms with Crippen molar-refractivity contribution in [2.45, 2.75) is 6.54 Å². The minimum Gasteiger partial charge on any atom is -0.305 e. The Morgan fingerprint density at radius 3 is 2.36 bits per heavy atom. The molecule has 4 heteroatoms. The lowest BCUT2D eigenvalue weighted by atomic mass is 10.1. The molecule has 0 bridgehead atoms. The van der Waals surface area contributed by atoms with Gasteiger partial charge in [0.05, 0.1) is 0 Å². The van der Waals surface area contributed by atoms with Gasteiger partial charge in [-0.3, -0.25) is 4.79 Å². The monoisotopic (exact) mass is 333 g/mol. The average Bonchev–Trinajstić information content (AvgIpc) is 2.46. The zero-order valence-electron chi connectivity index (χ0n) is 12.5. The molecule has 0 heterocycles. The van der Waals surface area contributed by atoms with Gasteiger partial charge in [-0.1, -0.05) is 53.5 Å². The summed E-state index contributed by atoms with van der Waals surface area (Å²) in [5.41, 5.74) is 2.60. The van der Waals surface area contributed by atoms with Crippen molar-refractivity contribution in [2.24, 2.45) is 0 Å². The predicted octanol–water partition coefficient (Wildman–Crippen LogP) is 4.95. The van der Waals surface area contributed by atoms with Gasteiger partial charge in [-0.15, -0.1) is 0 Å². The molecule has 2 aromatic rings. The molecule has 0 radical (unpaired) electrons. The van der Waals surface area contributed by atoms with Gasteiger partial charge in [0.2, 0.25) is 0 Å². The van der Waals surface area contributed by atoms with E-state index in [0.717, 1.165) is 12.1 Å². The highest BCUT2D eigenvalue weighted by molar-refractivity contribution is 6.35. The number of hydrogen-bond donors (Lipinski definition) is 0. The molecule has 0 N–H and O–H groups in total. The number of ketones is 1. The van der Waals surface area contributed by atoms with E-state index in [0.29, 0.717) is 15.6 Å². The third-order valence-corrected chi connectivity index (χ3v) is 3.68. The highest BCUT2D eigenvalue weighted by Gasteiger charge is 2.03. The fourth-order valence-corrected chi connectivity index (χ4v) is 2.51. The van der Waals surface area contributed by atoms with E-state index >= 15 is 0 Å².